The summed E-state index contributed by atoms with van der Waals surface area (Å²) in [7, 11) is 1.82. The van der Waals surface area contributed by atoms with Crippen LogP contribution in [0.25, 0.3) is 0 Å². The van der Waals surface area contributed by atoms with Gasteiger partial charge in [0.1, 0.15) is 0 Å². The standard InChI is InChI=1S/C9H17NO2/c1-3-4-5-6-7-10(2)8-9(11)12/h3-4H,5-8H2,1-2H3,(H,11,12)/b4-3-. The SMILES string of the molecule is C/C=C\CCCN(C)CC(=O)O. The molecule has 0 bridgehead atoms. The van der Waals surface area contributed by atoms with Crippen molar-refractivity contribution in [2.24, 2.45) is 0 Å². The van der Waals surface area contributed by atoms with E-state index in [-0.39, 0.29) is 6.54 Å². The van der Waals surface area contributed by atoms with E-state index in [1.54, 1.807) is 0 Å². The lowest BCUT2D eigenvalue weighted by Crippen LogP contribution is -2.26. The predicted octanol–water partition coefficient (Wildman–Crippen LogP) is 1.36. The van der Waals surface area contributed by atoms with Crippen molar-refractivity contribution < 1.29 is 9.90 Å². The fourth-order valence-corrected chi connectivity index (χ4v) is 0.956. The number of hydrogen-bond acceptors (Lipinski definition) is 2. The lowest BCUT2D eigenvalue weighted by molar-refractivity contribution is -0.137. The van der Waals surface area contributed by atoms with Crippen LogP contribution in [0.2, 0.25) is 0 Å². The summed E-state index contributed by atoms with van der Waals surface area (Å²) in [6, 6.07) is 0. The number of carboxylic acid groups (broad SMARTS) is 1. The van der Waals surface area contributed by atoms with E-state index in [4.69, 9.17) is 5.11 Å². The van der Waals surface area contributed by atoms with Crippen molar-refractivity contribution in [3.05, 3.63) is 12.2 Å². The van der Waals surface area contributed by atoms with Crippen molar-refractivity contribution in [2.75, 3.05) is 20.1 Å². The zero-order valence-electron chi connectivity index (χ0n) is 7.79. The second kappa shape index (κ2) is 6.85. The van der Waals surface area contributed by atoms with E-state index in [0.29, 0.717) is 0 Å². The van der Waals surface area contributed by atoms with Gasteiger partial charge in [0.25, 0.3) is 0 Å². The molecule has 3 nitrogen and oxygen atoms in total. The highest BCUT2D eigenvalue weighted by Gasteiger charge is 2.01. The number of carbonyl (C=O) groups is 1. The lowest BCUT2D eigenvalue weighted by Gasteiger charge is -2.12. The number of rotatable bonds is 6. The molecule has 0 aliphatic carbocycles. The quantitative estimate of drug-likeness (QED) is 0.484. The maximum atomic E-state index is 10.2. The molecule has 12 heavy (non-hydrogen) atoms. The Kier molecular flexibility index (Phi) is 6.38. The molecule has 0 saturated carbocycles. The van der Waals surface area contributed by atoms with Crippen molar-refractivity contribution in [1.29, 1.82) is 0 Å². The minimum atomic E-state index is -0.761. The Labute approximate surface area is 73.7 Å². The van der Waals surface area contributed by atoms with Crippen LogP contribution in [-0.2, 0) is 4.79 Å². The van der Waals surface area contributed by atoms with Crippen LogP contribution in [0.4, 0.5) is 0 Å². The van der Waals surface area contributed by atoms with Gasteiger partial charge in [-0.15, -0.1) is 0 Å². The van der Waals surface area contributed by atoms with Crippen molar-refractivity contribution in [3.8, 4) is 0 Å². The molecule has 0 amide bonds. The van der Waals surface area contributed by atoms with Crippen LogP contribution in [0, 0.1) is 0 Å². The summed E-state index contributed by atoms with van der Waals surface area (Å²) in [5, 5.41) is 8.43. The molecule has 0 spiro atoms. The van der Waals surface area contributed by atoms with Crippen molar-refractivity contribution in [3.63, 3.8) is 0 Å². The van der Waals surface area contributed by atoms with E-state index >= 15 is 0 Å². The van der Waals surface area contributed by atoms with Gasteiger partial charge in [-0.2, -0.15) is 0 Å². The smallest absolute Gasteiger partial charge is 0.317 e. The summed E-state index contributed by atoms with van der Waals surface area (Å²) in [5.41, 5.74) is 0. The Bertz CT molecular complexity index is 155. The Balaban J connectivity index is 3.31. The molecule has 0 aliphatic rings. The van der Waals surface area contributed by atoms with Crippen LogP contribution in [-0.4, -0.2) is 36.1 Å². The van der Waals surface area contributed by atoms with Gasteiger partial charge in [-0.1, -0.05) is 12.2 Å². The molecule has 70 valence electrons. The Hall–Kier alpha value is -0.830. The fourth-order valence-electron chi connectivity index (χ4n) is 0.956. The van der Waals surface area contributed by atoms with Crippen LogP contribution in [0.3, 0.4) is 0 Å². The molecule has 0 heterocycles. The maximum absolute atomic E-state index is 10.2. The number of nitrogens with zero attached hydrogens (tertiary/aromatic N) is 1. The van der Waals surface area contributed by atoms with E-state index < -0.39 is 5.97 Å². The minimum absolute atomic E-state index is 0.135. The van der Waals surface area contributed by atoms with Crippen molar-refractivity contribution in [2.45, 2.75) is 19.8 Å². The predicted molar refractivity (Wildman–Crippen MR) is 49.2 cm³/mol. The van der Waals surface area contributed by atoms with E-state index in [1.165, 1.54) is 0 Å². The first kappa shape index (κ1) is 11.2. The van der Waals surface area contributed by atoms with Crippen molar-refractivity contribution in [1.82, 2.24) is 4.90 Å². The third-order valence-electron chi connectivity index (χ3n) is 1.55. The zero-order chi connectivity index (χ0) is 9.40. The summed E-state index contributed by atoms with van der Waals surface area (Å²) >= 11 is 0. The molecule has 0 aromatic rings. The molecule has 0 aromatic carbocycles. The number of unbranched alkanes of at least 4 members (excludes halogenated alkanes) is 1. The molecule has 0 fully saturated rings. The number of carboxylic acids is 1. The number of aliphatic carboxylic acids is 1. The molecular weight excluding hydrogens is 154 g/mol. The number of hydrogen-bond donors (Lipinski definition) is 1. The third-order valence-corrected chi connectivity index (χ3v) is 1.55. The molecule has 0 aliphatic heterocycles. The highest BCUT2D eigenvalue weighted by atomic mass is 16.4. The monoisotopic (exact) mass is 171 g/mol. The number of allylic oxidation sites excluding steroid dienone is 2. The van der Waals surface area contributed by atoms with Gasteiger partial charge in [-0.25, -0.2) is 0 Å². The molecular formula is C9H17NO2. The topological polar surface area (TPSA) is 40.5 Å². The third kappa shape index (κ3) is 7.28. The molecule has 0 rings (SSSR count). The molecule has 1 N–H and O–H groups in total. The van der Waals surface area contributed by atoms with Crippen molar-refractivity contribution >= 4 is 5.97 Å². The van der Waals surface area contributed by atoms with Gasteiger partial charge < -0.3 is 5.11 Å². The van der Waals surface area contributed by atoms with E-state index in [0.717, 1.165) is 19.4 Å². The van der Waals surface area contributed by atoms with Crippen LogP contribution in [0.5, 0.6) is 0 Å². The van der Waals surface area contributed by atoms with E-state index in [2.05, 4.69) is 6.08 Å². The summed E-state index contributed by atoms with van der Waals surface area (Å²) in [4.78, 5) is 12.1. The van der Waals surface area contributed by atoms with Crippen LogP contribution >= 0.6 is 0 Å². The van der Waals surface area contributed by atoms with E-state index in [9.17, 15) is 4.79 Å². The van der Waals surface area contributed by atoms with Gasteiger partial charge in [0, 0.05) is 0 Å². The fraction of sp³-hybridized carbons (Fsp3) is 0.667. The second-order valence-corrected chi connectivity index (χ2v) is 2.84. The Morgan fingerprint density at radius 1 is 1.58 bits per heavy atom. The Morgan fingerprint density at radius 3 is 2.75 bits per heavy atom. The van der Waals surface area contributed by atoms with Gasteiger partial charge in [0.05, 0.1) is 6.54 Å². The van der Waals surface area contributed by atoms with Crippen LogP contribution < -0.4 is 0 Å². The average molecular weight is 171 g/mol. The summed E-state index contributed by atoms with van der Waals surface area (Å²) in [6.07, 6.45) is 6.15. The van der Waals surface area contributed by atoms with Gasteiger partial charge in [-0.05, 0) is 33.4 Å². The normalized spacial score (nSPS) is 11.2. The molecule has 0 saturated heterocycles. The number of likely N-dealkylation sites (N-methyl/N-ethyl adjacent to an activating group) is 1. The largest absolute Gasteiger partial charge is 0.480 e. The molecule has 3 heteroatoms. The van der Waals surface area contributed by atoms with Gasteiger partial charge in [-0.3, -0.25) is 9.69 Å². The summed E-state index contributed by atoms with van der Waals surface area (Å²) in [6.45, 7) is 2.97. The van der Waals surface area contributed by atoms with Crippen LogP contribution in [0.1, 0.15) is 19.8 Å². The molecule has 0 aromatic heterocycles. The highest BCUT2D eigenvalue weighted by Crippen LogP contribution is 1.93. The first-order valence-electron chi connectivity index (χ1n) is 4.18. The molecule has 0 atom stereocenters. The second-order valence-electron chi connectivity index (χ2n) is 2.84. The minimum Gasteiger partial charge on any atom is -0.480 e. The highest BCUT2D eigenvalue weighted by molar-refractivity contribution is 5.68. The lowest BCUT2D eigenvalue weighted by atomic mass is 10.3. The average Bonchev–Trinajstić information content (AvgIpc) is 1.97. The van der Waals surface area contributed by atoms with E-state index in [1.807, 2.05) is 24.9 Å². The first-order valence-corrected chi connectivity index (χ1v) is 4.18. The summed E-state index contributed by atoms with van der Waals surface area (Å²) in [5.74, 6) is -0.761. The van der Waals surface area contributed by atoms with Gasteiger partial charge in [0.15, 0.2) is 0 Å². The van der Waals surface area contributed by atoms with Gasteiger partial charge in [0.2, 0.25) is 0 Å². The van der Waals surface area contributed by atoms with Gasteiger partial charge >= 0.3 is 5.97 Å². The Morgan fingerprint density at radius 2 is 2.25 bits per heavy atom. The van der Waals surface area contributed by atoms with Crippen LogP contribution in [0.15, 0.2) is 12.2 Å². The summed E-state index contributed by atoms with van der Waals surface area (Å²) < 4.78 is 0. The maximum Gasteiger partial charge on any atom is 0.317 e. The molecule has 0 unspecified atom stereocenters. The zero-order valence-corrected chi connectivity index (χ0v) is 7.79. The molecule has 0 radical (unpaired) electrons. The first-order chi connectivity index (χ1) is 5.66.